The molecule has 0 amide bonds. The molecule has 0 aliphatic rings. The largest absolute Gasteiger partial charge is 0.358 e. The number of aryl methyl sites for hydroxylation is 1. The average molecular weight is 527 g/mol. The highest BCUT2D eigenvalue weighted by Crippen LogP contribution is 2.31. The Morgan fingerprint density at radius 1 is 1.14 bits per heavy atom. The van der Waals surface area contributed by atoms with E-state index >= 15 is 0 Å². The zero-order valence-electron chi connectivity index (χ0n) is 22.4. The molecule has 3 aromatic rings. The molecule has 0 saturated heterocycles. The minimum atomic E-state index is -0.114. The van der Waals surface area contributed by atoms with Crippen molar-refractivity contribution in [1.82, 2.24) is 24.9 Å². The van der Waals surface area contributed by atoms with Crippen LogP contribution in [0, 0.1) is 6.92 Å². The first-order valence-electron chi connectivity index (χ1n) is 13.1. The predicted octanol–water partition coefficient (Wildman–Crippen LogP) is 5.66. The van der Waals surface area contributed by atoms with Gasteiger partial charge in [0.05, 0.1) is 6.67 Å². The molecule has 2 heterocycles. The molecule has 200 valence electrons. The number of hydrogen-bond acceptors (Lipinski definition) is 7. The summed E-state index contributed by atoms with van der Waals surface area (Å²) >= 11 is 6.62. The number of nitrogens with one attached hydrogen (secondary N) is 2. The molecule has 0 bridgehead atoms. The minimum absolute atomic E-state index is 0.114. The third kappa shape index (κ3) is 7.31. The summed E-state index contributed by atoms with van der Waals surface area (Å²) in [7, 11) is 0. The highest BCUT2D eigenvalue weighted by Gasteiger charge is 2.17. The number of pyridine rings is 1. The Balaban J connectivity index is 1.69. The van der Waals surface area contributed by atoms with Crippen molar-refractivity contribution in [1.29, 1.82) is 0 Å². The standard InChI is InChI=1S/C28H39ClN6O2/c1-6-21-17-24(23-14-13-22(18-25(23)29)26-32-20(5)37-33-26)28(36)35(9-4)27(21)31-19-30-15-11-10-12-16-34(7-2)8-3/h6,13-14,17-18,30-31H,1,7-12,15-16,19H2,2-5H3. The summed E-state index contributed by atoms with van der Waals surface area (Å²) < 4.78 is 6.79. The fourth-order valence-electron chi connectivity index (χ4n) is 4.36. The van der Waals surface area contributed by atoms with Gasteiger partial charge in [0, 0.05) is 40.7 Å². The van der Waals surface area contributed by atoms with Crippen LogP contribution in [-0.4, -0.2) is 52.5 Å². The van der Waals surface area contributed by atoms with Gasteiger partial charge in [0.15, 0.2) is 0 Å². The summed E-state index contributed by atoms with van der Waals surface area (Å²) in [6.07, 6.45) is 5.29. The molecule has 0 fully saturated rings. The van der Waals surface area contributed by atoms with Crippen LogP contribution >= 0.6 is 11.6 Å². The molecular formula is C28H39ClN6O2. The van der Waals surface area contributed by atoms with Gasteiger partial charge in [-0.2, -0.15) is 4.98 Å². The van der Waals surface area contributed by atoms with Gasteiger partial charge in [-0.1, -0.05) is 61.8 Å². The number of benzene rings is 1. The highest BCUT2D eigenvalue weighted by atomic mass is 35.5. The van der Waals surface area contributed by atoms with E-state index in [9.17, 15) is 4.79 Å². The number of aromatic nitrogens is 3. The van der Waals surface area contributed by atoms with Crippen molar-refractivity contribution in [2.75, 3.05) is 38.2 Å². The van der Waals surface area contributed by atoms with Crippen molar-refractivity contribution in [3.8, 4) is 22.5 Å². The summed E-state index contributed by atoms with van der Waals surface area (Å²) in [5.74, 6) is 1.68. The molecule has 1 aromatic carbocycles. The third-order valence-corrected chi connectivity index (χ3v) is 6.82. The van der Waals surface area contributed by atoms with Crippen molar-refractivity contribution in [2.24, 2.45) is 0 Å². The summed E-state index contributed by atoms with van der Waals surface area (Å²) in [6, 6.07) is 7.26. The Bertz CT molecular complexity index is 1230. The third-order valence-electron chi connectivity index (χ3n) is 6.50. The normalized spacial score (nSPS) is 11.3. The minimum Gasteiger partial charge on any atom is -0.358 e. The number of rotatable bonds is 15. The van der Waals surface area contributed by atoms with Crippen LogP contribution in [0.1, 0.15) is 51.5 Å². The topological polar surface area (TPSA) is 88.2 Å². The Hall–Kier alpha value is -2.94. The number of hydrogen-bond donors (Lipinski definition) is 2. The fourth-order valence-corrected chi connectivity index (χ4v) is 4.64. The maximum Gasteiger partial charge on any atom is 0.260 e. The lowest BCUT2D eigenvalue weighted by Crippen LogP contribution is -2.30. The molecular weight excluding hydrogens is 488 g/mol. The van der Waals surface area contributed by atoms with Crippen LogP contribution in [0.15, 0.2) is 40.2 Å². The molecule has 0 saturated carbocycles. The second kappa shape index (κ2) is 14.1. The van der Waals surface area contributed by atoms with E-state index < -0.39 is 0 Å². The molecule has 0 unspecified atom stereocenters. The van der Waals surface area contributed by atoms with E-state index in [4.69, 9.17) is 16.1 Å². The zero-order chi connectivity index (χ0) is 26.8. The van der Waals surface area contributed by atoms with E-state index in [2.05, 4.69) is 46.1 Å². The lowest BCUT2D eigenvalue weighted by molar-refractivity contribution is 0.295. The Kier molecular flexibility index (Phi) is 10.9. The van der Waals surface area contributed by atoms with Gasteiger partial charge >= 0.3 is 0 Å². The summed E-state index contributed by atoms with van der Waals surface area (Å²) in [5, 5.41) is 11.2. The fraction of sp³-hybridized carbons (Fsp3) is 0.464. The first-order chi connectivity index (χ1) is 17.9. The van der Waals surface area contributed by atoms with Gasteiger partial charge in [-0.15, -0.1) is 0 Å². The second-order valence-corrected chi connectivity index (χ2v) is 9.30. The lowest BCUT2D eigenvalue weighted by atomic mass is 10.0. The zero-order valence-corrected chi connectivity index (χ0v) is 23.2. The van der Waals surface area contributed by atoms with Gasteiger partial charge in [-0.05, 0) is 58.1 Å². The average Bonchev–Trinajstić information content (AvgIpc) is 3.34. The van der Waals surface area contributed by atoms with E-state index in [1.54, 1.807) is 23.6 Å². The van der Waals surface area contributed by atoms with Gasteiger partial charge < -0.3 is 20.1 Å². The predicted molar refractivity (Wildman–Crippen MR) is 153 cm³/mol. The van der Waals surface area contributed by atoms with Gasteiger partial charge in [-0.25, -0.2) is 0 Å². The van der Waals surface area contributed by atoms with Crippen LogP contribution in [0.3, 0.4) is 0 Å². The summed E-state index contributed by atoms with van der Waals surface area (Å²) in [5.41, 5.74) is 2.62. The SMILES string of the molecule is C=Cc1cc(-c2ccc(-c3noc(C)n3)cc2Cl)c(=O)n(CC)c1NCNCCCCCN(CC)CC. The van der Waals surface area contributed by atoms with Crippen molar-refractivity contribution in [2.45, 2.75) is 53.5 Å². The van der Waals surface area contributed by atoms with Crippen LogP contribution in [0.4, 0.5) is 5.82 Å². The molecule has 0 spiro atoms. The Labute approximate surface area is 224 Å². The number of nitrogens with zero attached hydrogens (tertiary/aromatic N) is 4. The molecule has 0 aliphatic heterocycles. The molecule has 3 rings (SSSR count). The van der Waals surface area contributed by atoms with Crippen molar-refractivity contribution in [3.63, 3.8) is 0 Å². The molecule has 8 nitrogen and oxygen atoms in total. The molecule has 2 N–H and O–H groups in total. The maximum absolute atomic E-state index is 13.5. The lowest BCUT2D eigenvalue weighted by Gasteiger charge is -2.19. The summed E-state index contributed by atoms with van der Waals surface area (Å²) in [6.45, 7) is 17.5. The quantitative estimate of drug-likeness (QED) is 0.195. The van der Waals surface area contributed by atoms with E-state index in [0.29, 0.717) is 41.1 Å². The monoisotopic (exact) mass is 526 g/mol. The Morgan fingerprint density at radius 3 is 2.54 bits per heavy atom. The van der Waals surface area contributed by atoms with Crippen LogP contribution in [0.5, 0.6) is 0 Å². The van der Waals surface area contributed by atoms with E-state index in [1.165, 1.54) is 12.8 Å². The van der Waals surface area contributed by atoms with Gasteiger partial charge in [0.1, 0.15) is 5.82 Å². The van der Waals surface area contributed by atoms with E-state index in [0.717, 1.165) is 49.5 Å². The smallest absolute Gasteiger partial charge is 0.260 e. The van der Waals surface area contributed by atoms with E-state index in [1.807, 2.05) is 25.1 Å². The highest BCUT2D eigenvalue weighted by molar-refractivity contribution is 6.33. The maximum atomic E-state index is 13.5. The van der Waals surface area contributed by atoms with Gasteiger partial charge in [0.2, 0.25) is 11.7 Å². The summed E-state index contributed by atoms with van der Waals surface area (Å²) in [4.78, 5) is 20.2. The number of unbranched alkanes of at least 4 members (excludes halogenated alkanes) is 2. The molecule has 0 aliphatic carbocycles. The van der Waals surface area contributed by atoms with Crippen molar-refractivity contribution in [3.05, 3.63) is 57.7 Å². The van der Waals surface area contributed by atoms with Crippen molar-refractivity contribution >= 4 is 23.5 Å². The van der Waals surface area contributed by atoms with Gasteiger partial charge in [0.25, 0.3) is 5.56 Å². The van der Waals surface area contributed by atoms with Gasteiger partial charge in [-0.3, -0.25) is 9.36 Å². The van der Waals surface area contributed by atoms with Crippen LogP contribution in [0.25, 0.3) is 28.6 Å². The molecule has 0 radical (unpaired) electrons. The molecule has 2 aromatic heterocycles. The second-order valence-electron chi connectivity index (χ2n) is 8.89. The Morgan fingerprint density at radius 2 is 1.92 bits per heavy atom. The van der Waals surface area contributed by atoms with Crippen LogP contribution in [0.2, 0.25) is 5.02 Å². The number of anilines is 1. The van der Waals surface area contributed by atoms with Crippen LogP contribution in [-0.2, 0) is 6.54 Å². The molecule has 0 atom stereocenters. The number of halogens is 1. The van der Waals surface area contributed by atoms with Crippen LogP contribution < -0.4 is 16.2 Å². The van der Waals surface area contributed by atoms with E-state index in [-0.39, 0.29) is 5.56 Å². The molecule has 37 heavy (non-hydrogen) atoms. The van der Waals surface area contributed by atoms with Crippen molar-refractivity contribution < 1.29 is 4.52 Å². The molecule has 9 heteroatoms. The first-order valence-corrected chi connectivity index (χ1v) is 13.5. The first kappa shape index (κ1) is 28.6.